The minimum absolute atomic E-state index is 0.239. The van der Waals surface area contributed by atoms with Crippen molar-refractivity contribution < 1.29 is 4.79 Å². The predicted molar refractivity (Wildman–Crippen MR) is 117 cm³/mol. The van der Waals surface area contributed by atoms with Gasteiger partial charge in [0, 0.05) is 26.2 Å². The van der Waals surface area contributed by atoms with Crippen molar-refractivity contribution in [1.82, 2.24) is 9.80 Å². The van der Waals surface area contributed by atoms with Gasteiger partial charge in [0.2, 0.25) is 5.91 Å². The van der Waals surface area contributed by atoms with E-state index >= 15 is 0 Å². The van der Waals surface area contributed by atoms with Crippen molar-refractivity contribution in [3.63, 3.8) is 0 Å². The third-order valence-electron chi connectivity index (χ3n) is 8.06. The smallest absolute Gasteiger partial charge is 0.226 e. The quantitative estimate of drug-likeness (QED) is 0.694. The van der Waals surface area contributed by atoms with Gasteiger partial charge in [-0.25, -0.2) is 0 Å². The van der Waals surface area contributed by atoms with Crippen LogP contribution in [0.1, 0.15) is 44.1 Å². The number of nitrogens with zero attached hydrogens (tertiary/aromatic N) is 2. The summed E-state index contributed by atoms with van der Waals surface area (Å²) >= 11 is 0. The molecule has 4 aliphatic rings. The Morgan fingerprint density at radius 2 is 1.79 bits per heavy atom. The number of amides is 1. The number of carbonyl (C=O) groups excluding carboxylic acids is 1. The lowest BCUT2D eigenvalue weighted by atomic mass is 9.88. The summed E-state index contributed by atoms with van der Waals surface area (Å²) in [5, 5.41) is 0. The number of hydrogen-bond donors (Lipinski definition) is 0. The van der Waals surface area contributed by atoms with Crippen molar-refractivity contribution in [2.24, 2.45) is 29.6 Å². The van der Waals surface area contributed by atoms with E-state index < -0.39 is 0 Å². The van der Waals surface area contributed by atoms with Gasteiger partial charge in [-0.15, -0.1) is 0 Å². The molecular weight excluding hydrogens is 356 g/mol. The van der Waals surface area contributed by atoms with Crippen LogP contribution in [0.5, 0.6) is 0 Å². The number of fused-ring (bicyclic) bond motifs is 2. The van der Waals surface area contributed by atoms with E-state index in [4.69, 9.17) is 0 Å². The maximum Gasteiger partial charge on any atom is 0.226 e. The van der Waals surface area contributed by atoms with E-state index in [2.05, 4.69) is 52.3 Å². The average Bonchev–Trinajstić information content (AvgIpc) is 3.38. The molecule has 2 heterocycles. The van der Waals surface area contributed by atoms with Gasteiger partial charge in [-0.2, -0.15) is 0 Å². The Hall–Kier alpha value is -1.61. The summed E-state index contributed by atoms with van der Waals surface area (Å²) in [5.74, 6) is 3.93. The van der Waals surface area contributed by atoms with Crippen LogP contribution in [0, 0.1) is 29.6 Å². The molecule has 3 heteroatoms. The molecule has 5 rings (SSSR count). The van der Waals surface area contributed by atoms with E-state index in [0.29, 0.717) is 5.91 Å². The molecule has 2 bridgehead atoms. The molecule has 2 saturated heterocycles. The number of likely N-dealkylation sites (tertiary alicyclic amines) is 2. The maximum absolute atomic E-state index is 13.2. The number of piperidine rings is 2. The van der Waals surface area contributed by atoms with Crippen molar-refractivity contribution in [3.8, 4) is 0 Å². The number of carbonyl (C=O) groups is 1. The highest BCUT2D eigenvalue weighted by Gasteiger charge is 2.38. The minimum Gasteiger partial charge on any atom is -0.342 e. The Morgan fingerprint density at radius 3 is 2.52 bits per heavy atom. The predicted octanol–water partition coefficient (Wildman–Crippen LogP) is 4.39. The standard InChI is InChI=1S/C26H36N2O/c29-26(28-13-10-21(11-14-28)15-20-5-2-1-3-6-20)24-7-4-12-27(18-24)19-25-17-22-8-9-23(25)16-22/h1-3,5-6,8-9,21-25H,4,7,10-19H2/t22-,23-,24-,25+/m0/s1. The average molecular weight is 393 g/mol. The first-order valence-corrected chi connectivity index (χ1v) is 12.0. The summed E-state index contributed by atoms with van der Waals surface area (Å²) in [5.41, 5.74) is 1.44. The van der Waals surface area contributed by atoms with E-state index in [1.54, 1.807) is 0 Å². The maximum atomic E-state index is 13.2. The molecule has 1 saturated carbocycles. The molecule has 0 aromatic heterocycles. The molecule has 0 spiro atoms. The lowest BCUT2D eigenvalue weighted by molar-refractivity contribution is -0.138. The first kappa shape index (κ1) is 19.4. The van der Waals surface area contributed by atoms with Crippen molar-refractivity contribution in [3.05, 3.63) is 48.0 Å². The van der Waals surface area contributed by atoms with E-state index in [-0.39, 0.29) is 5.92 Å². The molecule has 0 unspecified atom stereocenters. The summed E-state index contributed by atoms with van der Waals surface area (Å²) in [6.45, 7) is 5.34. The molecule has 1 aromatic rings. The van der Waals surface area contributed by atoms with Crippen molar-refractivity contribution >= 4 is 5.91 Å². The van der Waals surface area contributed by atoms with Crippen LogP contribution in [0.25, 0.3) is 0 Å². The van der Waals surface area contributed by atoms with Crippen LogP contribution in [-0.2, 0) is 11.2 Å². The van der Waals surface area contributed by atoms with Crippen LogP contribution >= 0.6 is 0 Å². The van der Waals surface area contributed by atoms with Gasteiger partial charge < -0.3 is 9.80 Å². The molecule has 2 aliphatic heterocycles. The van der Waals surface area contributed by atoms with Gasteiger partial charge in [-0.05, 0) is 80.7 Å². The van der Waals surface area contributed by atoms with Crippen molar-refractivity contribution in [2.75, 3.05) is 32.7 Å². The van der Waals surface area contributed by atoms with Gasteiger partial charge in [0.05, 0.1) is 5.92 Å². The van der Waals surface area contributed by atoms with Crippen LogP contribution in [-0.4, -0.2) is 48.4 Å². The lowest BCUT2D eigenvalue weighted by Gasteiger charge is -2.39. The van der Waals surface area contributed by atoms with Gasteiger partial charge in [0.25, 0.3) is 0 Å². The van der Waals surface area contributed by atoms with E-state index in [1.807, 2.05) is 0 Å². The third-order valence-corrected chi connectivity index (χ3v) is 8.06. The zero-order valence-electron chi connectivity index (χ0n) is 17.7. The molecule has 2 aliphatic carbocycles. The number of hydrogen-bond acceptors (Lipinski definition) is 2. The number of allylic oxidation sites excluding steroid dienone is 2. The van der Waals surface area contributed by atoms with Crippen LogP contribution in [0.2, 0.25) is 0 Å². The first-order chi connectivity index (χ1) is 14.2. The highest BCUT2D eigenvalue weighted by Crippen LogP contribution is 2.44. The van der Waals surface area contributed by atoms with Gasteiger partial charge in [-0.1, -0.05) is 42.5 Å². The molecule has 4 atom stereocenters. The molecule has 29 heavy (non-hydrogen) atoms. The minimum atomic E-state index is 0.239. The van der Waals surface area contributed by atoms with Gasteiger partial charge in [0.15, 0.2) is 0 Å². The van der Waals surface area contributed by atoms with Crippen LogP contribution in [0.3, 0.4) is 0 Å². The molecule has 3 fully saturated rings. The molecular formula is C26H36N2O. The second kappa shape index (κ2) is 8.63. The highest BCUT2D eigenvalue weighted by molar-refractivity contribution is 5.79. The number of rotatable bonds is 5. The highest BCUT2D eigenvalue weighted by atomic mass is 16.2. The summed E-state index contributed by atoms with van der Waals surface area (Å²) < 4.78 is 0. The largest absolute Gasteiger partial charge is 0.342 e. The zero-order valence-corrected chi connectivity index (χ0v) is 17.7. The Balaban J connectivity index is 1.09. The van der Waals surface area contributed by atoms with E-state index in [9.17, 15) is 4.79 Å². The van der Waals surface area contributed by atoms with Crippen LogP contribution in [0.15, 0.2) is 42.5 Å². The Kier molecular flexibility index (Phi) is 5.76. The SMILES string of the molecule is O=C([C@H]1CCCN(C[C@H]2C[C@H]3C=C[C@H]2C3)C1)N1CCC(Cc2ccccc2)CC1. The topological polar surface area (TPSA) is 23.6 Å². The summed E-state index contributed by atoms with van der Waals surface area (Å²) in [6, 6.07) is 10.8. The normalized spacial score (nSPS) is 32.8. The Labute approximate surface area is 176 Å². The second-order valence-electron chi connectivity index (χ2n) is 10.1. The fourth-order valence-electron chi connectivity index (χ4n) is 6.42. The summed E-state index contributed by atoms with van der Waals surface area (Å²) in [6.07, 6.45) is 13.4. The van der Waals surface area contributed by atoms with E-state index in [1.165, 1.54) is 37.9 Å². The molecule has 1 aromatic carbocycles. The molecule has 3 nitrogen and oxygen atoms in total. The van der Waals surface area contributed by atoms with Crippen LogP contribution in [0.4, 0.5) is 0 Å². The Bertz CT molecular complexity index is 721. The lowest BCUT2D eigenvalue weighted by Crippen LogP contribution is -2.48. The summed E-state index contributed by atoms with van der Waals surface area (Å²) in [7, 11) is 0. The second-order valence-corrected chi connectivity index (χ2v) is 10.1. The number of benzene rings is 1. The van der Waals surface area contributed by atoms with Gasteiger partial charge in [-0.3, -0.25) is 4.79 Å². The molecule has 0 radical (unpaired) electrons. The van der Waals surface area contributed by atoms with Crippen molar-refractivity contribution in [2.45, 2.75) is 44.9 Å². The molecule has 1 amide bonds. The monoisotopic (exact) mass is 392 g/mol. The third kappa shape index (κ3) is 4.45. The molecule has 156 valence electrons. The van der Waals surface area contributed by atoms with E-state index in [0.717, 1.165) is 69.0 Å². The fraction of sp³-hybridized carbons (Fsp3) is 0.654. The first-order valence-electron chi connectivity index (χ1n) is 12.0. The summed E-state index contributed by atoms with van der Waals surface area (Å²) in [4.78, 5) is 18.0. The molecule has 0 N–H and O–H groups in total. The van der Waals surface area contributed by atoms with Crippen molar-refractivity contribution in [1.29, 1.82) is 0 Å². The fourth-order valence-corrected chi connectivity index (χ4v) is 6.42. The Morgan fingerprint density at radius 1 is 0.966 bits per heavy atom. The van der Waals surface area contributed by atoms with Gasteiger partial charge >= 0.3 is 0 Å². The van der Waals surface area contributed by atoms with Crippen LogP contribution < -0.4 is 0 Å². The zero-order chi connectivity index (χ0) is 19.6. The van der Waals surface area contributed by atoms with Gasteiger partial charge in [0.1, 0.15) is 0 Å².